The van der Waals surface area contributed by atoms with Crippen molar-refractivity contribution >= 4 is 21.8 Å². The van der Waals surface area contributed by atoms with Gasteiger partial charge in [0.15, 0.2) is 0 Å². The molecule has 0 atom stereocenters. The van der Waals surface area contributed by atoms with Crippen molar-refractivity contribution < 1.29 is 22.3 Å². The number of halogens is 1. The van der Waals surface area contributed by atoms with E-state index in [9.17, 15) is 17.6 Å². The molecule has 0 aliphatic carbocycles. The number of nitrogens with zero attached hydrogens (tertiary/aromatic N) is 1. The predicted octanol–water partition coefficient (Wildman–Crippen LogP) is 3.18. The molecule has 0 fully saturated rings. The summed E-state index contributed by atoms with van der Waals surface area (Å²) in [5.41, 5.74) is 0.144. The van der Waals surface area contributed by atoms with Gasteiger partial charge in [0.1, 0.15) is 5.82 Å². The average Bonchev–Trinajstić information content (AvgIpc) is 2.49. The van der Waals surface area contributed by atoms with Crippen molar-refractivity contribution in [1.82, 2.24) is 0 Å². The van der Waals surface area contributed by atoms with Gasteiger partial charge in [-0.1, -0.05) is 18.2 Å². The zero-order valence-corrected chi connectivity index (χ0v) is 12.6. The van der Waals surface area contributed by atoms with Crippen LogP contribution in [0.2, 0.25) is 0 Å². The van der Waals surface area contributed by atoms with Gasteiger partial charge in [-0.25, -0.2) is 17.6 Å². The number of hydrogen-bond acceptors (Lipinski definition) is 4. The Labute approximate surface area is 128 Å². The predicted molar refractivity (Wildman–Crippen MR) is 79.5 cm³/mol. The molecule has 2 rings (SSSR count). The minimum atomic E-state index is -4.20. The summed E-state index contributed by atoms with van der Waals surface area (Å²) in [5, 5.41) is 0. The third-order valence-electron chi connectivity index (χ3n) is 2.78. The summed E-state index contributed by atoms with van der Waals surface area (Å²) in [6.45, 7) is 1.60. The van der Waals surface area contributed by atoms with Crippen LogP contribution in [0.1, 0.15) is 6.92 Å². The molecule has 0 N–H and O–H groups in total. The topological polar surface area (TPSA) is 63.7 Å². The van der Waals surface area contributed by atoms with Crippen LogP contribution in [-0.4, -0.2) is 21.1 Å². The third kappa shape index (κ3) is 3.25. The van der Waals surface area contributed by atoms with E-state index in [1.165, 1.54) is 12.1 Å². The van der Waals surface area contributed by atoms with Crippen LogP contribution in [-0.2, 0) is 14.8 Å². The van der Waals surface area contributed by atoms with Gasteiger partial charge in [0, 0.05) is 0 Å². The average molecular weight is 323 g/mol. The summed E-state index contributed by atoms with van der Waals surface area (Å²) < 4.78 is 43.7. The molecule has 0 aliphatic heterocycles. The van der Waals surface area contributed by atoms with E-state index in [1.807, 2.05) is 0 Å². The van der Waals surface area contributed by atoms with Crippen LogP contribution in [0.5, 0.6) is 0 Å². The van der Waals surface area contributed by atoms with Crippen LogP contribution in [0.15, 0.2) is 59.5 Å². The number of amides is 1. The van der Waals surface area contributed by atoms with E-state index in [2.05, 4.69) is 0 Å². The van der Waals surface area contributed by atoms with Crippen molar-refractivity contribution in [1.29, 1.82) is 0 Å². The Morgan fingerprint density at radius 1 is 1.09 bits per heavy atom. The number of carbonyl (C=O) groups excluding carboxylic acids is 1. The molecule has 7 heteroatoms. The quantitative estimate of drug-likeness (QED) is 0.867. The third-order valence-corrected chi connectivity index (χ3v) is 4.48. The molecule has 0 saturated carbocycles. The number of sulfonamides is 1. The van der Waals surface area contributed by atoms with Crippen molar-refractivity contribution in [3.63, 3.8) is 0 Å². The van der Waals surface area contributed by atoms with Gasteiger partial charge in [-0.15, -0.1) is 0 Å². The number of hydrogen-bond donors (Lipinski definition) is 0. The maximum Gasteiger partial charge on any atom is 0.428 e. The Kier molecular flexibility index (Phi) is 4.77. The molecule has 0 aliphatic rings. The Bertz CT molecular complexity index is 745. The van der Waals surface area contributed by atoms with Gasteiger partial charge in [0.2, 0.25) is 0 Å². The van der Waals surface area contributed by atoms with Crippen LogP contribution in [0, 0.1) is 5.82 Å². The number of carbonyl (C=O) groups is 1. The molecule has 5 nitrogen and oxygen atoms in total. The van der Waals surface area contributed by atoms with E-state index in [4.69, 9.17) is 4.74 Å². The molecule has 0 saturated heterocycles. The van der Waals surface area contributed by atoms with Gasteiger partial charge in [0.25, 0.3) is 10.0 Å². The standard InChI is InChI=1S/C15H14FNO4S/c1-2-21-15(18)17(13-6-4-3-5-7-13)22(19,20)14-10-8-12(16)9-11-14/h3-11H,2H2,1H3. The number of rotatable bonds is 4. The van der Waals surface area contributed by atoms with Crippen LogP contribution in [0.3, 0.4) is 0 Å². The van der Waals surface area contributed by atoms with Crippen molar-refractivity contribution in [3.05, 3.63) is 60.4 Å². The summed E-state index contributed by atoms with van der Waals surface area (Å²) in [4.78, 5) is 11.9. The summed E-state index contributed by atoms with van der Waals surface area (Å²) >= 11 is 0. The van der Waals surface area contributed by atoms with E-state index in [-0.39, 0.29) is 17.2 Å². The van der Waals surface area contributed by atoms with Crippen LogP contribution in [0.4, 0.5) is 14.9 Å². The van der Waals surface area contributed by atoms with Gasteiger partial charge < -0.3 is 4.74 Å². The van der Waals surface area contributed by atoms with E-state index >= 15 is 0 Å². The van der Waals surface area contributed by atoms with Crippen molar-refractivity contribution in [2.75, 3.05) is 10.9 Å². The van der Waals surface area contributed by atoms with E-state index in [1.54, 1.807) is 25.1 Å². The first kappa shape index (κ1) is 16.0. The highest BCUT2D eigenvalue weighted by atomic mass is 32.2. The molecule has 1 amide bonds. The molecule has 116 valence electrons. The van der Waals surface area contributed by atoms with Crippen LogP contribution < -0.4 is 4.31 Å². The maximum absolute atomic E-state index is 13.0. The summed E-state index contributed by atoms with van der Waals surface area (Å²) in [5.74, 6) is -0.568. The molecule has 22 heavy (non-hydrogen) atoms. The highest BCUT2D eigenvalue weighted by Crippen LogP contribution is 2.24. The molecule has 2 aromatic carbocycles. The second kappa shape index (κ2) is 6.57. The molecular formula is C15H14FNO4S. The SMILES string of the molecule is CCOC(=O)N(c1ccccc1)S(=O)(=O)c1ccc(F)cc1. The van der Waals surface area contributed by atoms with Gasteiger partial charge in [-0.3, -0.25) is 0 Å². The minimum absolute atomic E-state index is 0.0289. The molecule has 0 aromatic heterocycles. The molecule has 0 bridgehead atoms. The fourth-order valence-corrected chi connectivity index (χ4v) is 3.14. The van der Waals surface area contributed by atoms with E-state index in [0.29, 0.717) is 4.31 Å². The molecule has 2 aromatic rings. The minimum Gasteiger partial charge on any atom is -0.449 e. The lowest BCUT2D eigenvalue weighted by Gasteiger charge is -2.21. The first-order chi connectivity index (χ1) is 10.5. The van der Waals surface area contributed by atoms with Crippen LogP contribution >= 0.6 is 0 Å². The Morgan fingerprint density at radius 2 is 1.68 bits per heavy atom. The Morgan fingerprint density at radius 3 is 2.23 bits per heavy atom. The van der Waals surface area contributed by atoms with Crippen molar-refractivity contribution in [2.45, 2.75) is 11.8 Å². The Balaban J connectivity index is 2.53. The van der Waals surface area contributed by atoms with Gasteiger partial charge in [-0.2, -0.15) is 4.31 Å². The van der Waals surface area contributed by atoms with Crippen LogP contribution in [0.25, 0.3) is 0 Å². The second-order valence-electron chi connectivity index (χ2n) is 4.26. The van der Waals surface area contributed by atoms with E-state index < -0.39 is 21.9 Å². The van der Waals surface area contributed by atoms with Crippen molar-refractivity contribution in [2.24, 2.45) is 0 Å². The molecular weight excluding hydrogens is 309 g/mol. The smallest absolute Gasteiger partial charge is 0.428 e. The lowest BCUT2D eigenvalue weighted by Crippen LogP contribution is -2.37. The highest BCUT2D eigenvalue weighted by molar-refractivity contribution is 7.93. The first-order valence-corrected chi connectivity index (χ1v) is 7.93. The fraction of sp³-hybridized carbons (Fsp3) is 0.133. The Hall–Kier alpha value is -2.41. The largest absolute Gasteiger partial charge is 0.449 e. The number of para-hydroxylation sites is 1. The molecule has 0 heterocycles. The number of benzene rings is 2. The lowest BCUT2D eigenvalue weighted by atomic mass is 10.3. The zero-order valence-electron chi connectivity index (χ0n) is 11.8. The van der Waals surface area contributed by atoms with E-state index in [0.717, 1.165) is 24.3 Å². The summed E-state index contributed by atoms with van der Waals surface area (Å²) in [6, 6.07) is 12.1. The fourth-order valence-electron chi connectivity index (χ4n) is 1.80. The van der Waals surface area contributed by atoms with Gasteiger partial charge in [-0.05, 0) is 43.3 Å². The molecule has 0 spiro atoms. The maximum atomic E-state index is 13.0. The molecule has 0 radical (unpaired) electrons. The summed E-state index contributed by atoms with van der Waals surface area (Å²) in [7, 11) is -4.20. The van der Waals surface area contributed by atoms with Gasteiger partial charge >= 0.3 is 6.09 Å². The second-order valence-corrected chi connectivity index (χ2v) is 6.04. The van der Waals surface area contributed by atoms with Crippen molar-refractivity contribution in [3.8, 4) is 0 Å². The highest BCUT2D eigenvalue weighted by Gasteiger charge is 2.32. The number of anilines is 1. The first-order valence-electron chi connectivity index (χ1n) is 6.49. The monoisotopic (exact) mass is 323 g/mol. The normalized spacial score (nSPS) is 11.0. The number of ether oxygens (including phenoxy) is 1. The van der Waals surface area contributed by atoms with Gasteiger partial charge in [0.05, 0.1) is 17.2 Å². The zero-order chi connectivity index (χ0) is 16.2. The lowest BCUT2D eigenvalue weighted by molar-refractivity contribution is 0.164. The molecule has 0 unspecified atom stereocenters. The summed E-state index contributed by atoms with van der Waals surface area (Å²) in [6.07, 6.45) is -1.02.